The second kappa shape index (κ2) is 6.63. The Morgan fingerprint density at radius 2 is 2.05 bits per heavy atom. The lowest BCUT2D eigenvalue weighted by atomic mass is 10.00. The van der Waals surface area contributed by atoms with Crippen molar-refractivity contribution in [3.05, 3.63) is 56.8 Å². The standard InChI is InChI=1S/C18H22N2OS/c1-13-14(2)22-12-17(13)18(21)19-8-10-20-9-7-15-5-3-4-6-16(15)11-20/h3-6,12H,7-11H2,1-2H3,(H,19,21). The van der Waals surface area contributed by atoms with Gasteiger partial charge in [0.15, 0.2) is 0 Å². The van der Waals surface area contributed by atoms with Crippen LogP contribution in [0.4, 0.5) is 0 Å². The second-order valence-electron chi connectivity index (χ2n) is 5.88. The number of hydrogen-bond acceptors (Lipinski definition) is 3. The molecule has 0 bridgehead atoms. The van der Waals surface area contributed by atoms with E-state index in [9.17, 15) is 4.79 Å². The zero-order chi connectivity index (χ0) is 15.5. The van der Waals surface area contributed by atoms with Crippen LogP contribution >= 0.6 is 11.3 Å². The Morgan fingerprint density at radius 1 is 1.27 bits per heavy atom. The summed E-state index contributed by atoms with van der Waals surface area (Å²) in [6, 6.07) is 8.64. The fourth-order valence-electron chi connectivity index (χ4n) is 2.91. The highest BCUT2D eigenvalue weighted by atomic mass is 32.1. The smallest absolute Gasteiger partial charge is 0.252 e. The number of hydrogen-bond donors (Lipinski definition) is 1. The fourth-order valence-corrected chi connectivity index (χ4v) is 3.77. The van der Waals surface area contributed by atoms with Gasteiger partial charge in [-0.1, -0.05) is 24.3 Å². The summed E-state index contributed by atoms with van der Waals surface area (Å²) in [5.74, 6) is 0.0549. The van der Waals surface area contributed by atoms with E-state index in [1.165, 1.54) is 16.0 Å². The number of nitrogens with zero attached hydrogens (tertiary/aromatic N) is 1. The minimum Gasteiger partial charge on any atom is -0.351 e. The molecular weight excluding hydrogens is 292 g/mol. The van der Waals surface area contributed by atoms with Gasteiger partial charge in [0.1, 0.15) is 0 Å². The third-order valence-electron chi connectivity index (χ3n) is 4.45. The highest BCUT2D eigenvalue weighted by Crippen LogP contribution is 2.20. The quantitative estimate of drug-likeness (QED) is 0.940. The molecule has 1 aliphatic rings. The van der Waals surface area contributed by atoms with E-state index in [0.717, 1.165) is 37.2 Å². The Bertz CT molecular complexity index is 677. The summed E-state index contributed by atoms with van der Waals surface area (Å²) in [5.41, 5.74) is 4.82. The summed E-state index contributed by atoms with van der Waals surface area (Å²) >= 11 is 1.64. The third-order valence-corrected chi connectivity index (χ3v) is 5.47. The zero-order valence-electron chi connectivity index (χ0n) is 13.2. The summed E-state index contributed by atoms with van der Waals surface area (Å²) in [4.78, 5) is 15.8. The van der Waals surface area contributed by atoms with Crippen molar-refractivity contribution in [3.8, 4) is 0 Å². The van der Waals surface area contributed by atoms with Gasteiger partial charge in [0.25, 0.3) is 5.91 Å². The van der Waals surface area contributed by atoms with E-state index in [4.69, 9.17) is 0 Å². The molecule has 1 N–H and O–H groups in total. The first-order valence-corrected chi connectivity index (χ1v) is 8.65. The Balaban J connectivity index is 1.50. The van der Waals surface area contributed by atoms with Crippen molar-refractivity contribution in [2.45, 2.75) is 26.8 Å². The van der Waals surface area contributed by atoms with Gasteiger partial charge in [0, 0.05) is 36.4 Å². The highest BCUT2D eigenvalue weighted by molar-refractivity contribution is 7.10. The maximum Gasteiger partial charge on any atom is 0.252 e. The average molecular weight is 314 g/mol. The van der Waals surface area contributed by atoms with Crippen LogP contribution in [0.3, 0.4) is 0 Å². The fraction of sp³-hybridized carbons (Fsp3) is 0.389. The zero-order valence-corrected chi connectivity index (χ0v) is 14.0. The molecule has 2 heterocycles. The van der Waals surface area contributed by atoms with Crippen LogP contribution in [0.25, 0.3) is 0 Å². The van der Waals surface area contributed by atoms with Crippen LogP contribution in [0, 0.1) is 13.8 Å². The van der Waals surface area contributed by atoms with Crippen LogP contribution in [0.2, 0.25) is 0 Å². The Kier molecular flexibility index (Phi) is 4.60. The van der Waals surface area contributed by atoms with Crippen molar-refractivity contribution < 1.29 is 4.79 Å². The molecule has 0 aliphatic carbocycles. The normalized spacial score (nSPS) is 14.6. The van der Waals surface area contributed by atoms with Crippen LogP contribution in [-0.2, 0) is 13.0 Å². The number of nitrogens with one attached hydrogen (secondary N) is 1. The number of carbonyl (C=O) groups is 1. The van der Waals surface area contributed by atoms with Gasteiger partial charge in [0.2, 0.25) is 0 Å². The number of rotatable bonds is 4. The average Bonchev–Trinajstić information content (AvgIpc) is 2.87. The van der Waals surface area contributed by atoms with Gasteiger partial charge in [-0.3, -0.25) is 9.69 Å². The molecule has 0 saturated heterocycles. The molecule has 1 aromatic carbocycles. The summed E-state index contributed by atoms with van der Waals surface area (Å²) in [7, 11) is 0. The second-order valence-corrected chi connectivity index (χ2v) is 6.97. The lowest BCUT2D eigenvalue weighted by Crippen LogP contribution is -2.37. The summed E-state index contributed by atoms with van der Waals surface area (Å²) in [5, 5.41) is 5.01. The number of aryl methyl sites for hydroxylation is 1. The molecule has 1 amide bonds. The maximum absolute atomic E-state index is 12.2. The number of amides is 1. The Morgan fingerprint density at radius 3 is 2.77 bits per heavy atom. The van der Waals surface area contributed by atoms with Gasteiger partial charge in [-0.15, -0.1) is 11.3 Å². The molecule has 3 nitrogen and oxygen atoms in total. The van der Waals surface area contributed by atoms with Gasteiger partial charge in [0.05, 0.1) is 5.56 Å². The van der Waals surface area contributed by atoms with Gasteiger partial charge >= 0.3 is 0 Å². The van der Waals surface area contributed by atoms with Crippen molar-refractivity contribution in [1.82, 2.24) is 10.2 Å². The number of carbonyl (C=O) groups excluding carboxylic acids is 1. The summed E-state index contributed by atoms with van der Waals surface area (Å²) < 4.78 is 0. The van der Waals surface area contributed by atoms with Crippen molar-refractivity contribution in [3.63, 3.8) is 0 Å². The molecule has 1 aliphatic heterocycles. The molecule has 0 radical (unpaired) electrons. The first kappa shape index (κ1) is 15.3. The van der Waals surface area contributed by atoms with Crippen molar-refractivity contribution in [2.24, 2.45) is 0 Å². The minimum atomic E-state index is 0.0549. The van der Waals surface area contributed by atoms with E-state index in [1.54, 1.807) is 11.3 Å². The predicted octanol–water partition coefficient (Wildman–Crippen LogP) is 3.15. The van der Waals surface area contributed by atoms with Gasteiger partial charge in [-0.2, -0.15) is 0 Å². The molecule has 0 spiro atoms. The van der Waals surface area contributed by atoms with E-state index < -0.39 is 0 Å². The molecular formula is C18H22N2OS. The molecule has 2 aromatic rings. The molecule has 4 heteroatoms. The summed E-state index contributed by atoms with van der Waals surface area (Å²) in [6.07, 6.45) is 1.10. The Labute approximate surface area is 136 Å². The molecule has 1 aromatic heterocycles. The van der Waals surface area contributed by atoms with E-state index in [1.807, 2.05) is 12.3 Å². The lowest BCUT2D eigenvalue weighted by Gasteiger charge is -2.28. The first-order valence-electron chi connectivity index (χ1n) is 7.77. The molecule has 3 rings (SSSR count). The SMILES string of the molecule is Cc1scc(C(=O)NCCN2CCc3ccccc3C2)c1C. The molecule has 0 atom stereocenters. The third kappa shape index (κ3) is 3.23. The molecule has 0 fully saturated rings. The van der Waals surface area contributed by atoms with Crippen LogP contribution in [0.5, 0.6) is 0 Å². The van der Waals surface area contributed by atoms with E-state index in [0.29, 0.717) is 6.54 Å². The van der Waals surface area contributed by atoms with Crippen LogP contribution in [0.15, 0.2) is 29.6 Å². The molecule has 22 heavy (non-hydrogen) atoms. The number of benzene rings is 1. The van der Waals surface area contributed by atoms with E-state index in [-0.39, 0.29) is 5.91 Å². The van der Waals surface area contributed by atoms with Crippen molar-refractivity contribution in [1.29, 1.82) is 0 Å². The largest absolute Gasteiger partial charge is 0.351 e. The Hall–Kier alpha value is -1.65. The van der Waals surface area contributed by atoms with E-state index >= 15 is 0 Å². The predicted molar refractivity (Wildman–Crippen MR) is 91.5 cm³/mol. The van der Waals surface area contributed by atoms with Gasteiger partial charge in [-0.25, -0.2) is 0 Å². The highest BCUT2D eigenvalue weighted by Gasteiger charge is 2.16. The van der Waals surface area contributed by atoms with Crippen LogP contribution in [0.1, 0.15) is 31.9 Å². The number of fused-ring (bicyclic) bond motifs is 1. The van der Waals surface area contributed by atoms with Crippen LogP contribution in [-0.4, -0.2) is 30.4 Å². The minimum absolute atomic E-state index is 0.0549. The maximum atomic E-state index is 12.2. The lowest BCUT2D eigenvalue weighted by molar-refractivity contribution is 0.0947. The molecule has 0 saturated carbocycles. The monoisotopic (exact) mass is 314 g/mol. The van der Waals surface area contributed by atoms with E-state index in [2.05, 4.69) is 41.4 Å². The van der Waals surface area contributed by atoms with Crippen LogP contribution < -0.4 is 5.32 Å². The van der Waals surface area contributed by atoms with Crippen molar-refractivity contribution in [2.75, 3.05) is 19.6 Å². The molecule has 0 unspecified atom stereocenters. The molecule has 116 valence electrons. The summed E-state index contributed by atoms with van der Waals surface area (Å²) in [6.45, 7) is 7.74. The van der Waals surface area contributed by atoms with Gasteiger partial charge in [-0.05, 0) is 37.0 Å². The van der Waals surface area contributed by atoms with Gasteiger partial charge < -0.3 is 5.32 Å². The number of thiophene rings is 1. The first-order chi connectivity index (χ1) is 10.6. The van der Waals surface area contributed by atoms with Crippen molar-refractivity contribution >= 4 is 17.2 Å². The topological polar surface area (TPSA) is 32.3 Å².